The molecule has 0 fully saturated rings. The summed E-state index contributed by atoms with van der Waals surface area (Å²) < 4.78 is 9.07. The maximum absolute atomic E-state index is 11.4. The van der Waals surface area contributed by atoms with E-state index in [9.17, 15) is 19.5 Å². The molecule has 6 nitrogen and oxygen atoms in total. The number of ether oxygens (including phenoxy) is 2. The van der Waals surface area contributed by atoms with Gasteiger partial charge in [-0.05, 0) is 20.8 Å². The van der Waals surface area contributed by atoms with Crippen molar-refractivity contribution >= 4 is 17.7 Å². The molecule has 1 N–H and O–H groups in total. The van der Waals surface area contributed by atoms with Crippen molar-refractivity contribution in [1.29, 1.82) is 0 Å². The zero-order valence-electron chi connectivity index (χ0n) is 9.61. The monoisotopic (exact) mass is 232 g/mol. The Hall–Kier alpha value is -1.43. The van der Waals surface area contributed by atoms with Crippen LogP contribution < -0.4 is 0 Å². The van der Waals surface area contributed by atoms with Crippen LogP contribution in [0.25, 0.3) is 0 Å². The smallest absolute Gasteiger partial charge is 0.350 e. The number of hydrogen-bond donors (Lipinski definition) is 1. The summed E-state index contributed by atoms with van der Waals surface area (Å²) in [7, 11) is 0. The molecule has 0 rings (SSSR count). The van der Waals surface area contributed by atoms with E-state index in [0.717, 1.165) is 6.92 Å². The van der Waals surface area contributed by atoms with Crippen LogP contribution in [0.2, 0.25) is 0 Å². The quantitative estimate of drug-likeness (QED) is 0.505. The maximum Gasteiger partial charge on any atom is 0.350 e. The van der Waals surface area contributed by atoms with E-state index in [0.29, 0.717) is 0 Å². The molecular weight excluding hydrogens is 216 g/mol. The highest BCUT2D eigenvalue weighted by Crippen LogP contribution is 2.16. The first-order valence-corrected chi connectivity index (χ1v) is 4.94. The molecule has 0 radical (unpaired) electrons. The maximum atomic E-state index is 11.4. The Morgan fingerprint density at radius 1 is 1.06 bits per heavy atom. The summed E-state index contributed by atoms with van der Waals surface area (Å²) in [6.07, 6.45) is -0.648. The lowest BCUT2D eigenvalue weighted by molar-refractivity contribution is -0.185. The normalized spacial score (nSPS) is 10.8. The van der Waals surface area contributed by atoms with E-state index in [-0.39, 0.29) is 13.2 Å². The molecule has 0 aromatic rings. The highest BCUT2D eigenvalue weighted by atomic mass is 16.6. The minimum atomic E-state index is -2.53. The number of carbonyl (C=O) groups excluding carboxylic acids is 3. The zero-order valence-corrected chi connectivity index (χ0v) is 9.61. The molecule has 0 unspecified atom stereocenters. The predicted octanol–water partition coefficient (Wildman–Crippen LogP) is -0.177. The van der Waals surface area contributed by atoms with E-state index in [2.05, 4.69) is 9.47 Å². The van der Waals surface area contributed by atoms with Crippen LogP contribution in [0, 0.1) is 0 Å². The lowest BCUT2D eigenvalue weighted by Gasteiger charge is -2.22. The van der Waals surface area contributed by atoms with Gasteiger partial charge in [0.25, 0.3) is 5.60 Å². The first-order valence-electron chi connectivity index (χ1n) is 4.94. The first-order chi connectivity index (χ1) is 7.38. The molecule has 0 saturated carbocycles. The number of carbonyl (C=O) groups is 3. The Morgan fingerprint density at radius 2 is 1.44 bits per heavy atom. The molecular formula is C10H16O6. The Labute approximate surface area is 93.5 Å². The van der Waals surface area contributed by atoms with Gasteiger partial charge in [0.15, 0.2) is 0 Å². The molecule has 0 aliphatic rings. The summed E-state index contributed by atoms with van der Waals surface area (Å²) in [6, 6.07) is 0. The minimum Gasteiger partial charge on any atom is -0.463 e. The van der Waals surface area contributed by atoms with E-state index in [1.54, 1.807) is 0 Å². The number of Topliss-reactive ketones (excluding diaryl/α,β-unsaturated/α-hetero) is 1. The van der Waals surface area contributed by atoms with Crippen molar-refractivity contribution in [2.24, 2.45) is 0 Å². The lowest BCUT2D eigenvalue weighted by Crippen LogP contribution is -2.50. The van der Waals surface area contributed by atoms with Crippen LogP contribution in [0.4, 0.5) is 0 Å². The fraction of sp³-hybridized carbons (Fsp3) is 0.700. The van der Waals surface area contributed by atoms with Gasteiger partial charge in [0.05, 0.1) is 19.6 Å². The van der Waals surface area contributed by atoms with E-state index in [1.807, 2.05) is 0 Å². The van der Waals surface area contributed by atoms with Crippen molar-refractivity contribution in [3.63, 3.8) is 0 Å². The number of ketones is 1. The molecule has 0 heterocycles. The number of esters is 2. The van der Waals surface area contributed by atoms with E-state index < -0.39 is 29.7 Å². The third-order valence-corrected chi connectivity index (χ3v) is 1.73. The second kappa shape index (κ2) is 6.22. The zero-order chi connectivity index (χ0) is 12.8. The standard InChI is InChI=1S/C10H16O6/c1-4-15-8(12)10(14,6-7(3)11)9(13)16-5-2/h14H,4-6H2,1-3H3. The van der Waals surface area contributed by atoms with Crippen LogP contribution >= 0.6 is 0 Å². The van der Waals surface area contributed by atoms with Crippen molar-refractivity contribution in [2.45, 2.75) is 32.8 Å². The topological polar surface area (TPSA) is 89.9 Å². The second-order valence-corrected chi connectivity index (χ2v) is 3.18. The van der Waals surface area contributed by atoms with Gasteiger partial charge in [-0.15, -0.1) is 0 Å². The highest BCUT2D eigenvalue weighted by molar-refractivity contribution is 6.06. The molecule has 6 heteroatoms. The molecule has 0 amide bonds. The van der Waals surface area contributed by atoms with E-state index in [1.165, 1.54) is 13.8 Å². The first kappa shape index (κ1) is 14.6. The molecule has 0 saturated heterocycles. The Bertz CT molecular complexity index is 265. The summed E-state index contributed by atoms with van der Waals surface area (Å²) >= 11 is 0. The SMILES string of the molecule is CCOC(=O)C(O)(CC(C)=O)C(=O)OCC. The molecule has 0 aromatic carbocycles. The fourth-order valence-electron chi connectivity index (χ4n) is 1.09. The van der Waals surface area contributed by atoms with Crippen molar-refractivity contribution in [3.8, 4) is 0 Å². The van der Waals surface area contributed by atoms with Gasteiger partial charge in [0.1, 0.15) is 5.78 Å². The van der Waals surface area contributed by atoms with Gasteiger partial charge in [-0.1, -0.05) is 0 Å². The van der Waals surface area contributed by atoms with Gasteiger partial charge in [0, 0.05) is 0 Å². The summed E-state index contributed by atoms with van der Waals surface area (Å²) in [4.78, 5) is 33.7. The van der Waals surface area contributed by atoms with Crippen molar-refractivity contribution in [3.05, 3.63) is 0 Å². The van der Waals surface area contributed by atoms with Gasteiger partial charge in [0.2, 0.25) is 0 Å². The lowest BCUT2D eigenvalue weighted by atomic mass is 9.98. The van der Waals surface area contributed by atoms with Gasteiger partial charge >= 0.3 is 11.9 Å². The second-order valence-electron chi connectivity index (χ2n) is 3.18. The summed E-state index contributed by atoms with van der Waals surface area (Å²) in [5, 5.41) is 9.81. The van der Waals surface area contributed by atoms with E-state index >= 15 is 0 Å². The summed E-state index contributed by atoms with van der Waals surface area (Å²) in [5.41, 5.74) is -2.53. The minimum absolute atomic E-state index is 0.00153. The molecule has 0 bridgehead atoms. The average molecular weight is 232 g/mol. The van der Waals surface area contributed by atoms with Crippen molar-refractivity contribution in [2.75, 3.05) is 13.2 Å². The Kier molecular flexibility index (Phi) is 5.66. The van der Waals surface area contributed by atoms with Crippen LogP contribution in [0.3, 0.4) is 0 Å². The summed E-state index contributed by atoms with van der Waals surface area (Å²) in [6.45, 7) is 4.20. The van der Waals surface area contributed by atoms with Gasteiger partial charge in [-0.3, -0.25) is 4.79 Å². The van der Waals surface area contributed by atoms with Crippen LogP contribution in [0.1, 0.15) is 27.2 Å². The van der Waals surface area contributed by atoms with Crippen LogP contribution in [-0.2, 0) is 23.9 Å². The van der Waals surface area contributed by atoms with Crippen molar-refractivity contribution in [1.82, 2.24) is 0 Å². The fourth-order valence-corrected chi connectivity index (χ4v) is 1.09. The van der Waals surface area contributed by atoms with Crippen LogP contribution in [0.15, 0.2) is 0 Å². The van der Waals surface area contributed by atoms with Crippen LogP contribution in [-0.4, -0.2) is 41.6 Å². The molecule has 92 valence electrons. The van der Waals surface area contributed by atoms with Crippen LogP contribution in [0.5, 0.6) is 0 Å². The largest absolute Gasteiger partial charge is 0.463 e. The van der Waals surface area contributed by atoms with Gasteiger partial charge in [-0.2, -0.15) is 0 Å². The summed E-state index contributed by atoms with van der Waals surface area (Å²) in [5.74, 6) is -2.84. The predicted molar refractivity (Wildman–Crippen MR) is 53.5 cm³/mol. The molecule has 0 spiro atoms. The van der Waals surface area contributed by atoms with Gasteiger partial charge in [-0.25, -0.2) is 9.59 Å². The average Bonchev–Trinajstić information content (AvgIpc) is 2.17. The van der Waals surface area contributed by atoms with Crippen molar-refractivity contribution < 1.29 is 29.0 Å². The highest BCUT2D eigenvalue weighted by Gasteiger charge is 2.48. The Balaban J connectivity index is 4.93. The number of aliphatic hydroxyl groups is 1. The molecule has 0 aliphatic heterocycles. The Morgan fingerprint density at radius 3 is 1.69 bits per heavy atom. The molecule has 0 aromatic heterocycles. The van der Waals surface area contributed by atoms with Gasteiger partial charge < -0.3 is 14.6 Å². The third kappa shape index (κ3) is 3.62. The molecule has 16 heavy (non-hydrogen) atoms. The van der Waals surface area contributed by atoms with E-state index in [4.69, 9.17) is 0 Å². The third-order valence-electron chi connectivity index (χ3n) is 1.73. The molecule has 0 atom stereocenters. The molecule has 0 aliphatic carbocycles. The number of rotatable bonds is 6. The number of hydrogen-bond acceptors (Lipinski definition) is 6.